The molecule has 0 aliphatic carbocycles. The third-order valence-corrected chi connectivity index (χ3v) is 4.68. The summed E-state index contributed by atoms with van der Waals surface area (Å²) in [5, 5.41) is 6.80. The molecule has 1 aromatic heterocycles. The van der Waals surface area contributed by atoms with Crippen LogP contribution in [0.4, 0.5) is 11.5 Å². The zero-order valence-corrected chi connectivity index (χ0v) is 15.2. The van der Waals surface area contributed by atoms with Crippen LogP contribution in [0.15, 0.2) is 53.8 Å². The van der Waals surface area contributed by atoms with E-state index in [1.54, 1.807) is 0 Å². The fraction of sp³-hybridized carbons (Fsp3) is 0.400. The van der Waals surface area contributed by atoms with Crippen LogP contribution < -0.4 is 14.8 Å². The predicted molar refractivity (Wildman–Crippen MR) is 104 cm³/mol. The lowest BCUT2D eigenvalue weighted by Crippen LogP contribution is -2.45. The normalized spacial score (nSPS) is 15.0. The molecule has 25 heavy (non-hydrogen) atoms. The molecular weight excluding hydrogens is 310 g/mol. The van der Waals surface area contributed by atoms with Gasteiger partial charge < -0.3 is 4.90 Å². The minimum Gasteiger partial charge on any atom is -0.372 e. The SMILES string of the molecule is CCN(CC)c1ccc(C=NN2CCN(c3cccc[nH+]3)CC2)cc1. The quantitative estimate of drug-likeness (QED) is 0.759. The molecule has 3 rings (SSSR count). The Morgan fingerprint density at radius 3 is 2.32 bits per heavy atom. The maximum atomic E-state index is 4.65. The van der Waals surface area contributed by atoms with E-state index in [2.05, 4.69) is 75.1 Å². The maximum absolute atomic E-state index is 4.65. The summed E-state index contributed by atoms with van der Waals surface area (Å²) in [5.74, 6) is 1.18. The van der Waals surface area contributed by atoms with Crippen molar-refractivity contribution >= 4 is 17.7 Å². The Labute approximate surface area is 150 Å². The van der Waals surface area contributed by atoms with E-state index in [1.807, 2.05) is 18.5 Å². The molecule has 0 atom stereocenters. The van der Waals surface area contributed by atoms with E-state index >= 15 is 0 Å². The highest BCUT2D eigenvalue weighted by atomic mass is 15.5. The van der Waals surface area contributed by atoms with Crippen LogP contribution in [0, 0.1) is 0 Å². The van der Waals surface area contributed by atoms with Gasteiger partial charge in [-0.15, -0.1) is 0 Å². The molecule has 2 aromatic rings. The van der Waals surface area contributed by atoms with Crippen molar-refractivity contribution in [3.63, 3.8) is 0 Å². The summed E-state index contributed by atoms with van der Waals surface area (Å²) in [6, 6.07) is 14.8. The molecule has 132 valence electrons. The summed E-state index contributed by atoms with van der Waals surface area (Å²) in [4.78, 5) is 8.01. The zero-order chi connectivity index (χ0) is 17.5. The van der Waals surface area contributed by atoms with Crippen LogP contribution in [-0.4, -0.2) is 50.5 Å². The molecule has 1 aliphatic heterocycles. The number of nitrogens with zero attached hydrogens (tertiary/aromatic N) is 4. The van der Waals surface area contributed by atoms with Gasteiger partial charge in [-0.3, -0.25) is 9.91 Å². The number of aromatic amines is 1. The molecule has 0 bridgehead atoms. The third kappa shape index (κ3) is 4.50. The molecule has 1 aliphatic rings. The van der Waals surface area contributed by atoms with Gasteiger partial charge in [0.1, 0.15) is 13.1 Å². The molecule has 1 N–H and O–H groups in total. The van der Waals surface area contributed by atoms with Crippen molar-refractivity contribution in [1.82, 2.24) is 5.01 Å². The molecule has 0 amide bonds. The van der Waals surface area contributed by atoms with E-state index in [9.17, 15) is 0 Å². The molecule has 5 nitrogen and oxygen atoms in total. The smallest absolute Gasteiger partial charge is 0.274 e. The first-order valence-electron chi connectivity index (χ1n) is 9.15. The Morgan fingerprint density at radius 2 is 1.72 bits per heavy atom. The molecule has 0 saturated carbocycles. The molecule has 1 saturated heterocycles. The Balaban J connectivity index is 1.53. The number of nitrogens with one attached hydrogen (secondary N) is 1. The van der Waals surface area contributed by atoms with E-state index in [1.165, 1.54) is 11.5 Å². The number of pyridine rings is 1. The van der Waals surface area contributed by atoms with Crippen LogP contribution in [0.1, 0.15) is 19.4 Å². The monoisotopic (exact) mass is 338 g/mol. The maximum Gasteiger partial charge on any atom is 0.274 e. The third-order valence-electron chi connectivity index (χ3n) is 4.68. The molecule has 0 spiro atoms. The zero-order valence-electron chi connectivity index (χ0n) is 15.2. The first-order valence-corrected chi connectivity index (χ1v) is 9.15. The van der Waals surface area contributed by atoms with Gasteiger partial charge in [-0.25, -0.2) is 4.98 Å². The number of hydrazone groups is 1. The summed E-state index contributed by atoms with van der Waals surface area (Å²) in [5.41, 5.74) is 2.42. The number of piperazine rings is 1. The van der Waals surface area contributed by atoms with Gasteiger partial charge in [0, 0.05) is 24.8 Å². The van der Waals surface area contributed by atoms with Crippen molar-refractivity contribution in [2.45, 2.75) is 13.8 Å². The van der Waals surface area contributed by atoms with Gasteiger partial charge in [0.2, 0.25) is 0 Å². The molecule has 0 unspecified atom stereocenters. The lowest BCUT2D eigenvalue weighted by atomic mass is 10.2. The van der Waals surface area contributed by atoms with Crippen LogP contribution in [0.3, 0.4) is 0 Å². The molecule has 1 aromatic carbocycles. The van der Waals surface area contributed by atoms with Gasteiger partial charge in [-0.2, -0.15) is 5.10 Å². The summed E-state index contributed by atoms with van der Waals surface area (Å²) in [6.07, 6.45) is 3.94. The molecule has 5 heteroatoms. The molecule has 0 radical (unpaired) electrons. The lowest BCUT2D eigenvalue weighted by Gasteiger charge is -2.28. The van der Waals surface area contributed by atoms with Crippen molar-refractivity contribution in [3.8, 4) is 0 Å². The van der Waals surface area contributed by atoms with Gasteiger partial charge >= 0.3 is 0 Å². The van der Waals surface area contributed by atoms with Gasteiger partial charge in [0.05, 0.1) is 25.5 Å². The van der Waals surface area contributed by atoms with Crippen molar-refractivity contribution in [2.24, 2.45) is 5.10 Å². The molecule has 1 fully saturated rings. The Kier molecular flexibility index (Phi) is 5.88. The summed E-state index contributed by atoms with van der Waals surface area (Å²) in [6.45, 7) is 10.3. The van der Waals surface area contributed by atoms with Gasteiger partial charge in [-0.05, 0) is 37.6 Å². The second-order valence-corrected chi connectivity index (χ2v) is 6.20. The number of hydrogen-bond acceptors (Lipinski definition) is 4. The fourth-order valence-corrected chi connectivity index (χ4v) is 3.14. The number of rotatable bonds is 6. The number of hydrogen-bond donors (Lipinski definition) is 0. The van der Waals surface area contributed by atoms with E-state index in [-0.39, 0.29) is 0 Å². The van der Waals surface area contributed by atoms with Crippen molar-refractivity contribution in [1.29, 1.82) is 0 Å². The van der Waals surface area contributed by atoms with Gasteiger partial charge in [-0.1, -0.05) is 18.2 Å². The second kappa shape index (κ2) is 8.51. The average Bonchev–Trinajstić information content (AvgIpc) is 2.69. The Bertz CT molecular complexity index is 656. The molecule has 2 heterocycles. The fourth-order valence-electron chi connectivity index (χ4n) is 3.14. The van der Waals surface area contributed by atoms with Crippen molar-refractivity contribution in [3.05, 3.63) is 54.2 Å². The van der Waals surface area contributed by atoms with E-state index in [4.69, 9.17) is 0 Å². The largest absolute Gasteiger partial charge is 0.372 e. The second-order valence-electron chi connectivity index (χ2n) is 6.20. The first kappa shape index (κ1) is 17.3. The standard InChI is InChI=1S/C20H27N5/c1-3-23(4-2)19-10-8-18(9-11-19)17-22-25-15-13-24(14-16-25)20-7-5-6-12-21-20/h5-12,17H,3-4,13-16H2,1-2H3/p+1. The van der Waals surface area contributed by atoms with Crippen LogP contribution in [-0.2, 0) is 0 Å². The highest BCUT2D eigenvalue weighted by molar-refractivity contribution is 5.80. The highest BCUT2D eigenvalue weighted by Gasteiger charge is 2.21. The van der Waals surface area contributed by atoms with Crippen LogP contribution in [0.25, 0.3) is 0 Å². The highest BCUT2D eigenvalue weighted by Crippen LogP contribution is 2.14. The van der Waals surface area contributed by atoms with Crippen molar-refractivity contribution in [2.75, 3.05) is 49.1 Å². The Morgan fingerprint density at radius 1 is 1.00 bits per heavy atom. The van der Waals surface area contributed by atoms with E-state index < -0.39 is 0 Å². The van der Waals surface area contributed by atoms with E-state index in [0.29, 0.717) is 0 Å². The number of aromatic nitrogens is 1. The van der Waals surface area contributed by atoms with Crippen LogP contribution >= 0.6 is 0 Å². The van der Waals surface area contributed by atoms with Gasteiger partial charge in [0.15, 0.2) is 0 Å². The summed E-state index contributed by atoms with van der Waals surface area (Å²) >= 11 is 0. The molecular formula is C20H28N5+. The van der Waals surface area contributed by atoms with Gasteiger partial charge in [0.25, 0.3) is 5.82 Å². The minimum absolute atomic E-state index is 0.941. The lowest BCUT2D eigenvalue weighted by molar-refractivity contribution is -0.364. The average molecular weight is 338 g/mol. The predicted octanol–water partition coefficient (Wildman–Crippen LogP) is 2.50. The first-order chi connectivity index (χ1) is 12.3. The summed E-state index contributed by atoms with van der Waals surface area (Å²) in [7, 11) is 0. The van der Waals surface area contributed by atoms with Crippen molar-refractivity contribution < 1.29 is 4.98 Å². The van der Waals surface area contributed by atoms with E-state index in [0.717, 1.165) is 44.8 Å². The van der Waals surface area contributed by atoms with Crippen LogP contribution in [0.5, 0.6) is 0 Å². The number of benzene rings is 1. The van der Waals surface area contributed by atoms with Crippen LogP contribution in [0.2, 0.25) is 0 Å². The topological polar surface area (TPSA) is 36.2 Å². The Hall–Kier alpha value is -2.56. The summed E-state index contributed by atoms with van der Waals surface area (Å²) < 4.78 is 0. The minimum atomic E-state index is 0.941. The number of anilines is 2. The number of H-pyrrole nitrogens is 1.